The predicted molar refractivity (Wildman–Crippen MR) is 61.0 cm³/mol. The number of nitrogens with zero attached hydrogens (tertiary/aromatic N) is 1. The van der Waals surface area contributed by atoms with E-state index in [1.165, 1.54) is 0 Å². The van der Waals surface area contributed by atoms with Crippen LogP contribution in [-0.4, -0.2) is 24.8 Å². The van der Waals surface area contributed by atoms with E-state index in [1.807, 2.05) is 19.1 Å². The van der Waals surface area contributed by atoms with Gasteiger partial charge in [0.25, 0.3) is 0 Å². The van der Waals surface area contributed by atoms with Crippen molar-refractivity contribution in [3.8, 4) is 0 Å². The van der Waals surface area contributed by atoms with Crippen molar-refractivity contribution in [1.82, 2.24) is 0 Å². The number of anilines is 1. The summed E-state index contributed by atoms with van der Waals surface area (Å²) in [6.45, 7) is 1.94. The van der Waals surface area contributed by atoms with Gasteiger partial charge in [-0.3, -0.25) is 0 Å². The summed E-state index contributed by atoms with van der Waals surface area (Å²) in [5.41, 5.74) is 7.15. The fourth-order valence-electron chi connectivity index (χ4n) is 0.973. The molecule has 1 rings (SSSR count). The van der Waals surface area contributed by atoms with Crippen LogP contribution in [0.15, 0.2) is 29.3 Å². The standard InChI is InChI=1S/C9H13N3O3S/c1-7-2-4-8(5-3-7)12-9(10)11-6-16(13,14)15/h2-5H,6H2,1H3,(H3,10,11,12)(H,13,14,15)/p-1. The van der Waals surface area contributed by atoms with E-state index in [4.69, 9.17) is 5.73 Å². The molecule has 0 fully saturated rings. The Balaban J connectivity index is 2.64. The van der Waals surface area contributed by atoms with Gasteiger partial charge in [-0.1, -0.05) is 17.7 Å². The van der Waals surface area contributed by atoms with E-state index < -0.39 is 16.0 Å². The van der Waals surface area contributed by atoms with Gasteiger partial charge in [0, 0.05) is 5.69 Å². The number of aliphatic imine (C=N–C) groups is 1. The molecule has 0 radical (unpaired) electrons. The van der Waals surface area contributed by atoms with Crippen LogP contribution >= 0.6 is 0 Å². The molecule has 0 atom stereocenters. The van der Waals surface area contributed by atoms with E-state index in [-0.39, 0.29) is 5.96 Å². The molecule has 0 bridgehead atoms. The summed E-state index contributed by atoms with van der Waals surface area (Å²) in [6, 6.07) is 7.26. The summed E-state index contributed by atoms with van der Waals surface area (Å²) in [7, 11) is -4.38. The molecule has 0 amide bonds. The van der Waals surface area contributed by atoms with Gasteiger partial charge < -0.3 is 15.6 Å². The number of aryl methyl sites for hydroxylation is 1. The third kappa shape index (κ3) is 4.76. The lowest BCUT2D eigenvalue weighted by atomic mass is 10.2. The monoisotopic (exact) mass is 242 g/mol. The minimum Gasteiger partial charge on any atom is -0.747 e. The van der Waals surface area contributed by atoms with E-state index in [1.54, 1.807) is 12.1 Å². The average molecular weight is 242 g/mol. The van der Waals surface area contributed by atoms with Crippen molar-refractivity contribution in [2.75, 3.05) is 11.2 Å². The van der Waals surface area contributed by atoms with Gasteiger partial charge in [-0.2, -0.15) is 0 Å². The lowest BCUT2D eigenvalue weighted by Gasteiger charge is -2.07. The molecule has 1 aromatic rings. The molecule has 0 heterocycles. The molecule has 0 saturated carbocycles. The highest BCUT2D eigenvalue weighted by atomic mass is 32.2. The Hall–Kier alpha value is -1.60. The van der Waals surface area contributed by atoms with Crippen molar-refractivity contribution >= 4 is 21.8 Å². The van der Waals surface area contributed by atoms with Gasteiger partial charge in [0.1, 0.15) is 16.0 Å². The van der Waals surface area contributed by atoms with Gasteiger partial charge in [-0.05, 0) is 19.1 Å². The largest absolute Gasteiger partial charge is 0.747 e. The van der Waals surface area contributed by atoms with Gasteiger partial charge in [-0.15, -0.1) is 0 Å². The molecule has 0 spiro atoms. The van der Waals surface area contributed by atoms with E-state index >= 15 is 0 Å². The van der Waals surface area contributed by atoms with Gasteiger partial charge in [0.15, 0.2) is 5.96 Å². The minimum absolute atomic E-state index is 0.108. The van der Waals surface area contributed by atoms with Crippen LogP contribution < -0.4 is 11.1 Å². The highest BCUT2D eigenvalue weighted by Crippen LogP contribution is 2.07. The van der Waals surface area contributed by atoms with Crippen molar-refractivity contribution < 1.29 is 13.0 Å². The quantitative estimate of drug-likeness (QED) is 0.448. The Morgan fingerprint density at radius 3 is 2.50 bits per heavy atom. The zero-order valence-electron chi connectivity index (χ0n) is 8.67. The maximum atomic E-state index is 10.3. The summed E-state index contributed by atoms with van der Waals surface area (Å²) in [5, 5.41) is 2.67. The molecular weight excluding hydrogens is 230 g/mol. The molecule has 7 heteroatoms. The number of guanidine groups is 1. The van der Waals surface area contributed by atoms with E-state index in [9.17, 15) is 13.0 Å². The number of benzene rings is 1. The van der Waals surface area contributed by atoms with E-state index in [0.717, 1.165) is 5.56 Å². The first kappa shape index (κ1) is 12.5. The Bertz CT molecular complexity index is 479. The van der Waals surface area contributed by atoms with Crippen LogP contribution in [-0.2, 0) is 10.1 Å². The Labute approximate surface area is 93.9 Å². The van der Waals surface area contributed by atoms with Crippen molar-refractivity contribution in [3.05, 3.63) is 29.8 Å². The topological polar surface area (TPSA) is 108 Å². The number of rotatable bonds is 3. The van der Waals surface area contributed by atoms with Crippen molar-refractivity contribution in [2.45, 2.75) is 6.92 Å². The van der Waals surface area contributed by atoms with Gasteiger partial charge in [0.2, 0.25) is 0 Å². The third-order valence-electron chi connectivity index (χ3n) is 1.72. The average Bonchev–Trinajstić information content (AvgIpc) is 2.18. The number of nitrogens with two attached hydrogens (primary N) is 1. The second kappa shape index (κ2) is 4.95. The molecule has 0 saturated heterocycles. The summed E-state index contributed by atoms with van der Waals surface area (Å²) in [6.07, 6.45) is 0. The molecule has 0 aliphatic rings. The predicted octanol–water partition coefficient (Wildman–Crippen LogP) is 0.224. The Morgan fingerprint density at radius 1 is 1.44 bits per heavy atom. The van der Waals surface area contributed by atoms with E-state index in [2.05, 4.69) is 10.3 Å². The molecule has 16 heavy (non-hydrogen) atoms. The van der Waals surface area contributed by atoms with Crippen LogP contribution in [0.1, 0.15) is 5.56 Å². The molecular formula is C9H12N3O3S-. The van der Waals surface area contributed by atoms with Crippen LogP contribution in [0, 0.1) is 6.92 Å². The lowest BCUT2D eigenvalue weighted by Crippen LogP contribution is -2.23. The van der Waals surface area contributed by atoms with Crippen LogP contribution in [0.5, 0.6) is 0 Å². The van der Waals surface area contributed by atoms with Gasteiger partial charge in [-0.25, -0.2) is 13.4 Å². The number of nitrogens with one attached hydrogen (secondary N) is 1. The molecule has 0 aromatic heterocycles. The summed E-state index contributed by atoms with van der Waals surface area (Å²) < 4.78 is 30.9. The lowest BCUT2D eigenvalue weighted by molar-refractivity contribution is 0.463. The highest BCUT2D eigenvalue weighted by Gasteiger charge is 1.96. The first-order chi connectivity index (χ1) is 7.37. The molecule has 1 aromatic carbocycles. The highest BCUT2D eigenvalue weighted by molar-refractivity contribution is 7.85. The second-order valence-corrected chi connectivity index (χ2v) is 4.59. The van der Waals surface area contributed by atoms with Crippen molar-refractivity contribution in [1.29, 1.82) is 0 Å². The molecule has 3 N–H and O–H groups in total. The molecule has 0 aliphatic carbocycles. The van der Waals surface area contributed by atoms with Crippen LogP contribution in [0.4, 0.5) is 5.69 Å². The fourth-order valence-corrected chi connectivity index (χ4v) is 1.27. The maximum Gasteiger partial charge on any atom is 0.194 e. The zero-order valence-corrected chi connectivity index (χ0v) is 9.49. The van der Waals surface area contributed by atoms with Crippen LogP contribution in [0.25, 0.3) is 0 Å². The first-order valence-corrected chi connectivity index (χ1v) is 6.02. The third-order valence-corrected chi connectivity index (χ3v) is 2.16. The minimum atomic E-state index is -4.38. The van der Waals surface area contributed by atoms with Crippen molar-refractivity contribution in [2.24, 2.45) is 10.7 Å². The van der Waals surface area contributed by atoms with Gasteiger partial charge in [0.05, 0.1) is 0 Å². The van der Waals surface area contributed by atoms with E-state index in [0.29, 0.717) is 5.69 Å². The first-order valence-electron chi connectivity index (χ1n) is 4.44. The Kier molecular flexibility index (Phi) is 3.86. The zero-order chi connectivity index (χ0) is 12.2. The molecule has 0 aliphatic heterocycles. The second-order valence-electron chi connectivity index (χ2n) is 3.22. The van der Waals surface area contributed by atoms with Crippen LogP contribution in [0.3, 0.4) is 0 Å². The fraction of sp³-hybridized carbons (Fsp3) is 0.222. The molecule has 0 unspecified atom stereocenters. The summed E-state index contributed by atoms with van der Waals surface area (Å²) in [5.74, 6) is -0.971. The molecule has 88 valence electrons. The summed E-state index contributed by atoms with van der Waals surface area (Å²) >= 11 is 0. The van der Waals surface area contributed by atoms with Crippen LogP contribution in [0.2, 0.25) is 0 Å². The number of hydrogen-bond acceptors (Lipinski definition) is 4. The Morgan fingerprint density at radius 2 is 2.00 bits per heavy atom. The van der Waals surface area contributed by atoms with Gasteiger partial charge >= 0.3 is 0 Å². The molecule has 6 nitrogen and oxygen atoms in total. The summed E-state index contributed by atoms with van der Waals surface area (Å²) in [4.78, 5) is 3.40. The maximum absolute atomic E-state index is 10.3. The number of hydrogen-bond donors (Lipinski definition) is 2. The normalized spacial score (nSPS) is 12.5. The smallest absolute Gasteiger partial charge is 0.194 e. The van der Waals surface area contributed by atoms with Crippen molar-refractivity contribution in [3.63, 3.8) is 0 Å². The SMILES string of the molecule is Cc1ccc(NC(N)=NCS(=O)(=O)[O-])cc1.